The monoisotopic (exact) mass is 545 g/mol. The molecule has 2 aromatic carbocycles. The molecule has 2 aromatic rings. The fourth-order valence-corrected chi connectivity index (χ4v) is 9.72. The summed E-state index contributed by atoms with van der Waals surface area (Å²) in [5.41, 5.74) is 0.656. The second kappa shape index (κ2) is 8.84. The van der Waals surface area contributed by atoms with Crippen LogP contribution in [0, 0.1) is 11.8 Å². The third kappa shape index (κ3) is 3.38. The number of benzene rings is 2. The number of rotatable bonds is 6. The van der Waals surface area contributed by atoms with Crippen LogP contribution in [0.2, 0.25) is 0 Å². The van der Waals surface area contributed by atoms with Gasteiger partial charge in [-0.05, 0) is 35.7 Å². The van der Waals surface area contributed by atoms with Crippen LogP contribution in [-0.2, 0) is 14.4 Å². The molecule has 7 nitrogen and oxygen atoms in total. The van der Waals surface area contributed by atoms with E-state index in [2.05, 4.69) is 26.6 Å². The highest BCUT2D eigenvalue weighted by Gasteiger charge is 2.76. The van der Waals surface area contributed by atoms with Crippen molar-refractivity contribution in [3.05, 3.63) is 42.5 Å². The molecule has 0 aliphatic carbocycles. The van der Waals surface area contributed by atoms with Gasteiger partial charge in [0, 0.05) is 22.8 Å². The van der Waals surface area contributed by atoms with Crippen molar-refractivity contribution in [2.75, 3.05) is 19.0 Å². The molecule has 3 amide bonds. The lowest BCUT2D eigenvalue weighted by Crippen LogP contribution is -2.55. The SMILES string of the molecule is CC[C@@H](CO)N1C(=O)[C@@H]2[C@H](C(=O)NC)[C@H]3SC2(CC3Br)C1C(=O)Nc1ccc2ccccc2c1. The highest BCUT2D eigenvalue weighted by molar-refractivity contribution is 9.09. The van der Waals surface area contributed by atoms with Crippen LogP contribution in [0.5, 0.6) is 0 Å². The summed E-state index contributed by atoms with van der Waals surface area (Å²) in [4.78, 5) is 42.2. The Morgan fingerprint density at radius 3 is 2.65 bits per heavy atom. The summed E-state index contributed by atoms with van der Waals surface area (Å²) in [6.45, 7) is 1.66. The summed E-state index contributed by atoms with van der Waals surface area (Å²) < 4.78 is -0.726. The van der Waals surface area contributed by atoms with E-state index in [0.29, 0.717) is 18.5 Å². The second-order valence-corrected chi connectivity index (χ2v) is 12.0. The molecule has 0 aromatic heterocycles. The van der Waals surface area contributed by atoms with Gasteiger partial charge < -0.3 is 20.6 Å². The Morgan fingerprint density at radius 1 is 1.24 bits per heavy atom. The maximum atomic E-state index is 13.9. The minimum absolute atomic E-state index is 0.0222. The molecular weight excluding hydrogens is 518 g/mol. The van der Waals surface area contributed by atoms with Gasteiger partial charge in [-0.2, -0.15) is 0 Å². The molecule has 34 heavy (non-hydrogen) atoms. The first kappa shape index (κ1) is 23.6. The minimum Gasteiger partial charge on any atom is -0.394 e. The van der Waals surface area contributed by atoms with Crippen LogP contribution in [0.3, 0.4) is 0 Å². The molecule has 3 fully saturated rings. The van der Waals surface area contributed by atoms with Crippen molar-refractivity contribution in [2.24, 2.45) is 11.8 Å². The zero-order chi connectivity index (χ0) is 24.2. The van der Waals surface area contributed by atoms with E-state index in [1.54, 1.807) is 23.7 Å². The molecule has 7 atom stereocenters. The van der Waals surface area contributed by atoms with E-state index in [4.69, 9.17) is 0 Å². The molecule has 3 aliphatic rings. The lowest BCUT2D eigenvalue weighted by Gasteiger charge is -2.37. The minimum atomic E-state index is -0.779. The molecule has 9 heteroatoms. The van der Waals surface area contributed by atoms with Gasteiger partial charge in [-0.25, -0.2) is 0 Å². The van der Waals surface area contributed by atoms with E-state index >= 15 is 0 Å². The molecular formula is C25H28BrN3O4S. The number of likely N-dealkylation sites (tertiary alicyclic amines) is 1. The number of thioether (sulfide) groups is 1. The molecule has 180 valence electrons. The van der Waals surface area contributed by atoms with Gasteiger partial charge in [-0.1, -0.05) is 53.2 Å². The number of halogens is 1. The predicted molar refractivity (Wildman–Crippen MR) is 137 cm³/mol. The molecule has 3 saturated heterocycles. The summed E-state index contributed by atoms with van der Waals surface area (Å²) >= 11 is 5.33. The molecule has 5 rings (SSSR count). The number of anilines is 1. The van der Waals surface area contributed by atoms with Gasteiger partial charge in [0.1, 0.15) is 6.04 Å². The van der Waals surface area contributed by atoms with Gasteiger partial charge in [0.05, 0.1) is 29.2 Å². The summed E-state index contributed by atoms with van der Waals surface area (Å²) in [7, 11) is 1.58. The van der Waals surface area contributed by atoms with Crippen LogP contribution in [0.15, 0.2) is 42.5 Å². The number of alkyl halides is 1. The standard InChI is InChI=1S/C25H28BrN3O4S/c1-3-16(12-30)29-21(23(32)28-15-9-8-13-6-4-5-7-14(13)10-15)25-11-17(26)20(34-25)18(22(31)27-2)19(25)24(29)33/h4-10,16-21,30H,3,11-12H2,1-2H3,(H,27,31)(H,28,32)/t16-,17?,18-,19-,20-,21?,25?/m0/s1. The fraction of sp³-hybridized carbons (Fsp3) is 0.480. The Bertz CT molecular complexity index is 1160. The molecule has 2 bridgehead atoms. The highest BCUT2D eigenvalue weighted by Crippen LogP contribution is 2.68. The second-order valence-electron chi connectivity index (χ2n) is 9.32. The molecule has 3 unspecified atom stereocenters. The van der Waals surface area contributed by atoms with Crippen molar-refractivity contribution in [3.8, 4) is 0 Å². The summed E-state index contributed by atoms with van der Waals surface area (Å²) in [6, 6.07) is 12.4. The molecule has 3 heterocycles. The first-order valence-corrected chi connectivity index (χ1v) is 13.4. The van der Waals surface area contributed by atoms with E-state index in [1.165, 1.54) is 0 Å². The summed E-state index contributed by atoms with van der Waals surface area (Å²) in [5.74, 6) is -1.76. The van der Waals surface area contributed by atoms with Crippen LogP contribution >= 0.6 is 27.7 Å². The first-order chi connectivity index (χ1) is 16.4. The van der Waals surface area contributed by atoms with Crippen LogP contribution in [-0.4, -0.2) is 68.3 Å². The molecule has 3 aliphatic heterocycles. The number of hydrogen-bond donors (Lipinski definition) is 3. The molecule has 0 saturated carbocycles. The number of nitrogens with one attached hydrogen (secondary N) is 2. The van der Waals surface area contributed by atoms with Crippen LogP contribution in [0.4, 0.5) is 5.69 Å². The fourth-order valence-electron chi connectivity index (χ4n) is 6.12. The Morgan fingerprint density at radius 2 is 1.97 bits per heavy atom. The molecule has 1 spiro atoms. The number of aliphatic hydroxyl groups is 1. The van der Waals surface area contributed by atoms with Crippen molar-refractivity contribution < 1.29 is 19.5 Å². The average Bonchev–Trinajstić information content (AvgIpc) is 3.43. The van der Waals surface area contributed by atoms with Crippen molar-refractivity contribution in [1.82, 2.24) is 10.2 Å². The first-order valence-electron chi connectivity index (χ1n) is 11.6. The molecule has 0 radical (unpaired) electrons. The van der Waals surface area contributed by atoms with Gasteiger partial charge in [-0.15, -0.1) is 11.8 Å². The number of hydrogen-bond acceptors (Lipinski definition) is 5. The van der Waals surface area contributed by atoms with E-state index < -0.39 is 28.7 Å². The maximum Gasteiger partial charge on any atom is 0.248 e. The zero-order valence-corrected chi connectivity index (χ0v) is 21.4. The Hall–Kier alpha value is -2.10. The van der Waals surface area contributed by atoms with E-state index in [9.17, 15) is 19.5 Å². The lowest BCUT2D eigenvalue weighted by atomic mass is 9.70. The van der Waals surface area contributed by atoms with E-state index in [1.807, 2.05) is 49.4 Å². The van der Waals surface area contributed by atoms with Crippen LogP contribution in [0.1, 0.15) is 19.8 Å². The number of carbonyl (C=O) groups is 3. The topological polar surface area (TPSA) is 98.7 Å². The van der Waals surface area contributed by atoms with E-state index in [0.717, 1.165) is 10.8 Å². The quantitative estimate of drug-likeness (QED) is 0.485. The Balaban J connectivity index is 1.55. The van der Waals surface area contributed by atoms with E-state index in [-0.39, 0.29) is 34.4 Å². The average molecular weight is 546 g/mol. The Labute approximate surface area is 211 Å². The third-order valence-electron chi connectivity index (χ3n) is 7.62. The van der Waals surface area contributed by atoms with Crippen molar-refractivity contribution in [1.29, 1.82) is 0 Å². The van der Waals surface area contributed by atoms with Gasteiger partial charge >= 0.3 is 0 Å². The molecule has 3 N–H and O–H groups in total. The van der Waals surface area contributed by atoms with Gasteiger partial charge in [-0.3, -0.25) is 14.4 Å². The normalized spacial score (nSPS) is 32.6. The van der Waals surface area contributed by atoms with Crippen LogP contribution in [0.25, 0.3) is 10.8 Å². The largest absolute Gasteiger partial charge is 0.394 e. The van der Waals surface area contributed by atoms with Crippen LogP contribution < -0.4 is 10.6 Å². The summed E-state index contributed by atoms with van der Waals surface area (Å²) in [5, 5.41) is 17.9. The van der Waals surface area contributed by atoms with Crippen molar-refractivity contribution in [3.63, 3.8) is 0 Å². The third-order valence-corrected chi connectivity index (χ3v) is 10.8. The number of aliphatic hydroxyl groups excluding tert-OH is 1. The van der Waals surface area contributed by atoms with Crippen molar-refractivity contribution in [2.45, 2.75) is 46.7 Å². The highest BCUT2D eigenvalue weighted by atomic mass is 79.9. The number of amides is 3. The van der Waals surface area contributed by atoms with Crippen molar-refractivity contribution >= 4 is 61.9 Å². The number of fused-ring (bicyclic) bond motifs is 2. The van der Waals surface area contributed by atoms with Gasteiger partial charge in [0.15, 0.2) is 0 Å². The van der Waals surface area contributed by atoms with Gasteiger partial charge in [0.25, 0.3) is 0 Å². The summed E-state index contributed by atoms with van der Waals surface area (Å²) in [6.07, 6.45) is 1.13. The number of carbonyl (C=O) groups excluding carboxylic acids is 3. The maximum absolute atomic E-state index is 13.9. The lowest BCUT2D eigenvalue weighted by molar-refractivity contribution is -0.142. The zero-order valence-electron chi connectivity index (χ0n) is 19.0. The number of nitrogens with zero attached hydrogens (tertiary/aromatic N) is 1. The predicted octanol–water partition coefficient (Wildman–Crippen LogP) is 2.76. The Kier molecular flexibility index (Phi) is 6.14. The van der Waals surface area contributed by atoms with Gasteiger partial charge in [0.2, 0.25) is 17.7 Å². The smallest absolute Gasteiger partial charge is 0.248 e.